The van der Waals surface area contributed by atoms with Crippen LogP contribution in [0.25, 0.3) is 0 Å². The fourth-order valence-corrected chi connectivity index (χ4v) is 2.70. The van der Waals surface area contributed by atoms with E-state index >= 15 is 0 Å². The molecule has 0 saturated heterocycles. The summed E-state index contributed by atoms with van der Waals surface area (Å²) in [5.74, 6) is -2.22. The van der Waals surface area contributed by atoms with Gasteiger partial charge in [-0.05, 0) is 12.1 Å². The van der Waals surface area contributed by atoms with Crippen LogP contribution in [0.4, 0.5) is 13.2 Å². The minimum Gasteiger partial charge on any atom is -0.467 e. The summed E-state index contributed by atoms with van der Waals surface area (Å²) in [7, 11) is 0. The predicted molar refractivity (Wildman–Crippen MR) is 89.5 cm³/mol. The van der Waals surface area contributed by atoms with E-state index in [4.69, 9.17) is 4.42 Å². The lowest BCUT2D eigenvalue weighted by molar-refractivity contribution is -0.200. The molecule has 0 saturated carbocycles. The highest BCUT2D eigenvalue weighted by molar-refractivity contribution is 6.16. The van der Waals surface area contributed by atoms with E-state index in [-0.39, 0.29) is 24.6 Å². The van der Waals surface area contributed by atoms with E-state index in [2.05, 4.69) is 4.99 Å². The van der Waals surface area contributed by atoms with Crippen LogP contribution < -0.4 is 5.32 Å². The third kappa shape index (κ3) is 3.32. The van der Waals surface area contributed by atoms with E-state index < -0.39 is 23.7 Å². The summed E-state index contributed by atoms with van der Waals surface area (Å²) in [4.78, 5) is 29.2. The Morgan fingerprint density at radius 1 is 1.22 bits per heavy atom. The maximum atomic E-state index is 13.9. The predicted octanol–water partition coefficient (Wildman–Crippen LogP) is 2.85. The molecule has 2 aromatic rings. The van der Waals surface area contributed by atoms with Crippen LogP contribution in [0.5, 0.6) is 0 Å². The molecule has 0 bridgehead atoms. The highest BCUT2D eigenvalue weighted by Crippen LogP contribution is 2.39. The Kier molecular flexibility index (Phi) is 4.77. The molecule has 1 N–H and O–H groups in total. The summed E-state index contributed by atoms with van der Waals surface area (Å²) in [6.07, 6.45) is -3.99. The molecule has 1 aliphatic heterocycles. The van der Waals surface area contributed by atoms with E-state index in [1.807, 2.05) is 0 Å². The molecule has 9 heteroatoms. The van der Waals surface area contributed by atoms with E-state index in [1.165, 1.54) is 31.4 Å². The number of amidine groups is 1. The summed E-state index contributed by atoms with van der Waals surface area (Å²) >= 11 is 0. The Hall–Kier alpha value is -3.10. The molecule has 0 fully saturated rings. The number of hydrogen-bond donors (Lipinski definition) is 1. The normalized spacial score (nSPS) is 19.9. The molecule has 3 rings (SSSR count). The van der Waals surface area contributed by atoms with Crippen molar-refractivity contribution in [2.24, 2.45) is 4.99 Å². The average Bonchev–Trinajstić information content (AvgIpc) is 3.24. The molecule has 1 aliphatic rings. The summed E-state index contributed by atoms with van der Waals surface area (Å²) in [5.41, 5.74) is -3.05. The Labute approximate surface area is 152 Å². The molecular formula is C18H16F3N3O3. The average molecular weight is 379 g/mol. The zero-order chi connectivity index (χ0) is 19.7. The minimum absolute atomic E-state index is 0.189. The standard InChI is InChI=1S/C18H16F3N3O3/c1-2-14(25)22-17(18(19,20)21)16(26)24(11-13-9-6-10-27-13)15(23-17)12-7-4-3-5-8-12/h3-10H,2,11H2,1H3,(H,22,25)/t17-/m0/s1. The lowest BCUT2D eigenvalue weighted by Crippen LogP contribution is -2.63. The van der Waals surface area contributed by atoms with Crippen molar-refractivity contribution in [3.63, 3.8) is 0 Å². The number of carbonyl (C=O) groups is 2. The molecule has 1 aromatic heterocycles. The first-order chi connectivity index (χ1) is 12.8. The van der Waals surface area contributed by atoms with Gasteiger partial charge in [-0.2, -0.15) is 13.2 Å². The summed E-state index contributed by atoms with van der Waals surface area (Å²) in [5, 5.41) is 1.77. The molecule has 1 aromatic carbocycles. The summed E-state index contributed by atoms with van der Waals surface area (Å²) in [6, 6.07) is 11.1. The minimum atomic E-state index is -5.12. The van der Waals surface area contributed by atoms with Gasteiger partial charge >= 0.3 is 11.8 Å². The number of hydrogen-bond acceptors (Lipinski definition) is 4. The second-order valence-electron chi connectivity index (χ2n) is 5.88. The molecule has 0 spiro atoms. The van der Waals surface area contributed by atoms with Gasteiger partial charge < -0.3 is 9.73 Å². The van der Waals surface area contributed by atoms with Crippen molar-refractivity contribution in [2.75, 3.05) is 0 Å². The van der Waals surface area contributed by atoms with Gasteiger partial charge in [0.1, 0.15) is 11.6 Å². The van der Waals surface area contributed by atoms with Crippen molar-refractivity contribution in [2.45, 2.75) is 31.7 Å². The van der Waals surface area contributed by atoms with Crippen molar-refractivity contribution in [3.8, 4) is 0 Å². The fraction of sp³-hybridized carbons (Fsp3) is 0.278. The molecule has 0 unspecified atom stereocenters. The summed E-state index contributed by atoms with van der Waals surface area (Å²) in [6.45, 7) is 1.14. The first-order valence-electron chi connectivity index (χ1n) is 8.16. The molecule has 2 amide bonds. The van der Waals surface area contributed by atoms with Crippen LogP contribution in [0.1, 0.15) is 24.7 Å². The van der Waals surface area contributed by atoms with E-state index in [0.29, 0.717) is 5.56 Å². The van der Waals surface area contributed by atoms with E-state index in [0.717, 1.165) is 4.90 Å². The van der Waals surface area contributed by atoms with Gasteiger partial charge in [0.25, 0.3) is 5.91 Å². The van der Waals surface area contributed by atoms with Crippen molar-refractivity contribution in [1.82, 2.24) is 10.2 Å². The van der Waals surface area contributed by atoms with Crippen LogP contribution in [0, 0.1) is 0 Å². The number of alkyl halides is 3. The van der Waals surface area contributed by atoms with Crippen LogP contribution >= 0.6 is 0 Å². The number of carbonyl (C=O) groups excluding carboxylic acids is 2. The molecule has 0 radical (unpaired) electrons. The first-order valence-corrected chi connectivity index (χ1v) is 8.16. The second kappa shape index (κ2) is 6.90. The number of benzene rings is 1. The SMILES string of the molecule is CCC(=O)N[C@]1(C(F)(F)F)N=C(c2ccccc2)N(Cc2ccco2)C1=O. The number of furan rings is 1. The number of halogens is 3. The third-order valence-electron chi connectivity index (χ3n) is 4.06. The van der Waals surface area contributed by atoms with Gasteiger partial charge in [0.05, 0.1) is 12.8 Å². The molecule has 2 heterocycles. The van der Waals surface area contributed by atoms with Crippen LogP contribution in [0.15, 0.2) is 58.1 Å². The zero-order valence-corrected chi connectivity index (χ0v) is 14.3. The van der Waals surface area contributed by atoms with Crippen molar-refractivity contribution >= 4 is 17.6 Å². The van der Waals surface area contributed by atoms with Crippen LogP contribution in [-0.2, 0) is 16.1 Å². The number of nitrogens with zero attached hydrogens (tertiary/aromatic N) is 2. The van der Waals surface area contributed by atoms with Crippen molar-refractivity contribution in [3.05, 3.63) is 60.1 Å². The Morgan fingerprint density at radius 3 is 2.48 bits per heavy atom. The maximum Gasteiger partial charge on any atom is 0.442 e. The zero-order valence-electron chi connectivity index (χ0n) is 14.3. The molecule has 0 aliphatic carbocycles. The molecule has 142 valence electrons. The van der Waals surface area contributed by atoms with Gasteiger partial charge in [0.15, 0.2) is 0 Å². The topological polar surface area (TPSA) is 74.9 Å². The van der Waals surface area contributed by atoms with Gasteiger partial charge in [-0.1, -0.05) is 37.3 Å². The number of aliphatic imine (C=N–C) groups is 1. The van der Waals surface area contributed by atoms with Gasteiger partial charge in [0, 0.05) is 12.0 Å². The largest absolute Gasteiger partial charge is 0.467 e. The fourth-order valence-electron chi connectivity index (χ4n) is 2.70. The maximum absolute atomic E-state index is 13.9. The Balaban J connectivity index is 2.12. The highest BCUT2D eigenvalue weighted by Gasteiger charge is 2.67. The lowest BCUT2D eigenvalue weighted by Gasteiger charge is -2.28. The highest BCUT2D eigenvalue weighted by atomic mass is 19.4. The van der Waals surface area contributed by atoms with E-state index in [1.54, 1.807) is 29.6 Å². The smallest absolute Gasteiger partial charge is 0.442 e. The molecule has 6 nitrogen and oxygen atoms in total. The third-order valence-corrected chi connectivity index (χ3v) is 4.06. The Morgan fingerprint density at radius 2 is 1.93 bits per heavy atom. The first kappa shape index (κ1) is 18.7. The molecular weight excluding hydrogens is 363 g/mol. The number of rotatable bonds is 5. The molecule has 27 heavy (non-hydrogen) atoms. The quantitative estimate of drug-likeness (QED) is 0.868. The Bertz CT molecular complexity index is 863. The van der Waals surface area contributed by atoms with Crippen LogP contribution in [0.2, 0.25) is 0 Å². The monoisotopic (exact) mass is 379 g/mol. The van der Waals surface area contributed by atoms with Crippen LogP contribution in [0.3, 0.4) is 0 Å². The van der Waals surface area contributed by atoms with Gasteiger partial charge in [-0.25, -0.2) is 4.99 Å². The van der Waals surface area contributed by atoms with Crippen LogP contribution in [-0.4, -0.2) is 34.4 Å². The van der Waals surface area contributed by atoms with E-state index in [9.17, 15) is 22.8 Å². The van der Waals surface area contributed by atoms with Gasteiger partial charge in [-0.15, -0.1) is 0 Å². The van der Waals surface area contributed by atoms with Crippen molar-refractivity contribution in [1.29, 1.82) is 0 Å². The van der Waals surface area contributed by atoms with Crippen molar-refractivity contribution < 1.29 is 27.2 Å². The van der Waals surface area contributed by atoms with Gasteiger partial charge in [-0.3, -0.25) is 14.5 Å². The second-order valence-corrected chi connectivity index (χ2v) is 5.88. The summed E-state index contributed by atoms with van der Waals surface area (Å²) < 4.78 is 46.9. The molecule has 1 atom stereocenters. The van der Waals surface area contributed by atoms with Gasteiger partial charge in [0.2, 0.25) is 5.91 Å². The number of nitrogens with one attached hydrogen (secondary N) is 1. The number of amides is 2. The lowest BCUT2D eigenvalue weighted by atomic mass is 10.1.